The van der Waals surface area contributed by atoms with Crippen LogP contribution in [-0.2, 0) is 6.18 Å². The Balaban J connectivity index is 1.96. The normalized spacial score (nSPS) is 11.9. The van der Waals surface area contributed by atoms with Gasteiger partial charge in [-0.2, -0.15) is 13.2 Å². The number of benzene rings is 2. The van der Waals surface area contributed by atoms with Crippen LogP contribution in [0.5, 0.6) is 0 Å². The lowest BCUT2D eigenvalue weighted by atomic mass is 10.0. The molecular formula is C21H16F3N3O. The first-order chi connectivity index (χ1) is 13.2. The molecule has 2 aromatic heterocycles. The van der Waals surface area contributed by atoms with Gasteiger partial charge in [0.25, 0.3) is 5.56 Å². The second-order valence-corrected chi connectivity index (χ2v) is 6.70. The molecule has 4 aromatic rings. The SMILES string of the molecule is Cc1cccc(-c2c(C)[nH]n3c(=O)cc(-c4cccc(C(F)(F)F)c4)nc23)c1. The summed E-state index contributed by atoms with van der Waals surface area (Å²) in [6, 6.07) is 13.8. The Morgan fingerprint density at radius 3 is 2.39 bits per heavy atom. The van der Waals surface area contributed by atoms with E-state index in [1.54, 1.807) is 0 Å². The van der Waals surface area contributed by atoms with E-state index in [0.717, 1.165) is 34.5 Å². The van der Waals surface area contributed by atoms with Crippen LogP contribution in [0.2, 0.25) is 0 Å². The summed E-state index contributed by atoms with van der Waals surface area (Å²) in [4.78, 5) is 17.1. The average molecular weight is 383 g/mol. The molecule has 0 unspecified atom stereocenters. The minimum absolute atomic E-state index is 0.198. The number of fused-ring (bicyclic) bond motifs is 1. The highest BCUT2D eigenvalue weighted by Crippen LogP contribution is 2.32. The average Bonchev–Trinajstić information content (AvgIpc) is 2.98. The number of hydrogen-bond acceptors (Lipinski definition) is 2. The molecular weight excluding hydrogens is 367 g/mol. The van der Waals surface area contributed by atoms with Crippen LogP contribution in [0.15, 0.2) is 59.4 Å². The Morgan fingerprint density at radius 2 is 1.68 bits per heavy atom. The van der Waals surface area contributed by atoms with E-state index in [1.807, 2.05) is 38.1 Å². The van der Waals surface area contributed by atoms with Gasteiger partial charge in [0.1, 0.15) is 0 Å². The minimum Gasteiger partial charge on any atom is -0.293 e. The summed E-state index contributed by atoms with van der Waals surface area (Å²) in [6.07, 6.45) is -4.47. The van der Waals surface area contributed by atoms with Gasteiger partial charge in [0.2, 0.25) is 0 Å². The number of H-pyrrole nitrogens is 1. The van der Waals surface area contributed by atoms with Crippen molar-refractivity contribution in [2.75, 3.05) is 0 Å². The summed E-state index contributed by atoms with van der Waals surface area (Å²) in [5, 5.41) is 2.99. The molecule has 4 nitrogen and oxygen atoms in total. The molecule has 2 aromatic carbocycles. The first-order valence-corrected chi connectivity index (χ1v) is 8.61. The summed E-state index contributed by atoms with van der Waals surface area (Å²) in [6.45, 7) is 3.79. The van der Waals surface area contributed by atoms with Crippen molar-refractivity contribution in [3.63, 3.8) is 0 Å². The van der Waals surface area contributed by atoms with Gasteiger partial charge in [0.15, 0.2) is 5.65 Å². The Hall–Kier alpha value is -3.35. The summed E-state index contributed by atoms with van der Waals surface area (Å²) in [5.41, 5.74) is 3.06. The van der Waals surface area contributed by atoms with Gasteiger partial charge in [-0.25, -0.2) is 9.50 Å². The Labute approximate surface area is 158 Å². The molecule has 0 saturated heterocycles. The van der Waals surface area contributed by atoms with Gasteiger partial charge < -0.3 is 0 Å². The third-order valence-electron chi connectivity index (χ3n) is 4.59. The first kappa shape index (κ1) is 18.0. The second-order valence-electron chi connectivity index (χ2n) is 6.70. The van der Waals surface area contributed by atoms with Crippen molar-refractivity contribution in [2.24, 2.45) is 0 Å². The number of aromatic nitrogens is 3. The highest BCUT2D eigenvalue weighted by Gasteiger charge is 2.30. The second kappa shape index (κ2) is 6.37. The maximum Gasteiger partial charge on any atom is 0.416 e. The smallest absolute Gasteiger partial charge is 0.293 e. The summed E-state index contributed by atoms with van der Waals surface area (Å²) >= 11 is 0. The fourth-order valence-corrected chi connectivity index (χ4v) is 3.30. The van der Waals surface area contributed by atoms with Crippen molar-refractivity contribution < 1.29 is 13.2 Å². The van der Waals surface area contributed by atoms with E-state index < -0.39 is 11.7 Å². The zero-order chi connectivity index (χ0) is 20.1. The van der Waals surface area contributed by atoms with E-state index in [1.165, 1.54) is 22.7 Å². The lowest BCUT2D eigenvalue weighted by Gasteiger charge is -2.09. The monoisotopic (exact) mass is 383 g/mol. The molecule has 0 fully saturated rings. The maximum atomic E-state index is 13.1. The van der Waals surface area contributed by atoms with Crippen LogP contribution in [0.4, 0.5) is 13.2 Å². The van der Waals surface area contributed by atoms with E-state index in [4.69, 9.17) is 0 Å². The van der Waals surface area contributed by atoms with Crippen molar-refractivity contribution in [1.82, 2.24) is 14.6 Å². The lowest BCUT2D eigenvalue weighted by molar-refractivity contribution is -0.137. The van der Waals surface area contributed by atoms with E-state index >= 15 is 0 Å². The number of nitrogens with zero attached hydrogens (tertiary/aromatic N) is 2. The number of rotatable bonds is 2. The van der Waals surface area contributed by atoms with E-state index in [9.17, 15) is 18.0 Å². The Bertz CT molecular complexity index is 1250. The van der Waals surface area contributed by atoms with Gasteiger partial charge in [-0.05, 0) is 31.5 Å². The fraction of sp³-hybridized carbons (Fsp3) is 0.143. The molecule has 28 heavy (non-hydrogen) atoms. The predicted octanol–water partition coefficient (Wildman–Crippen LogP) is 4.99. The zero-order valence-corrected chi connectivity index (χ0v) is 15.1. The van der Waals surface area contributed by atoms with Gasteiger partial charge in [0, 0.05) is 22.9 Å². The molecule has 7 heteroatoms. The molecule has 4 rings (SSSR count). The predicted molar refractivity (Wildman–Crippen MR) is 101 cm³/mol. The highest BCUT2D eigenvalue weighted by atomic mass is 19.4. The van der Waals surface area contributed by atoms with Gasteiger partial charge in [0.05, 0.1) is 11.3 Å². The molecule has 0 saturated carbocycles. The molecule has 0 spiro atoms. The van der Waals surface area contributed by atoms with E-state index in [-0.39, 0.29) is 16.8 Å². The number of aryl methyl sites for hydroxylation is 2. The van der Waals surface area contributed by atoms with Gasteiger partial charge in [-0.1, -0.05) is 42.0 Å². The quantitative estimate of drug-likeness (QED) is 0.530. The van der Waals surface area contributed by atoms with Gasteiger partial charge in [-0.15, -0.1) is 0 Å². The van der Waals surface area contributed by atoms with Crippen molar-refractivity contribution >= 4 is 5.65 Å². The van der Waals surface area contributed by atoms with Gasteiger partial charge in [-0.3, -0.25) is 9.89 Å². The molecule has 2 heterocycles. The Kier molecular flexibility index (Phi) is 4.10. The van der Waals surface area contributed by atoms with E-state index in [2.05, 4.69) is 10.1 Å². The molecule has 0 radical (unpaired) electrons. The third-order valence-corrected chi connectivity index (χ3v) is 4.59. The standard InChI is InChI=1S/C21H16F3N3O/c1-12-5-3-7-15(9-12)19-13(2)26-27-18(28)11-17(25-20(19)27)14-6-4-8-16(10-14)21(22,23)24/h3-11,26H,1-2H3. The van der Waals surface area contributed by atoms with Crippen LogP contribution in [0.25, 0.3) is 28.0 Å². The molecule has 0 aliphatic rings. The molecule has 142 valence electrons. The van der Waals surface area contributed by atoms with Crippen LogP contribution < -0.4 is 5.56 Å². The lowest BCUT2D eigenvalue weighted by Crippen LogP contribution is -2.14. The van der Waals surface area contributed by atoms with Crippen molar-refractivity contribution in [3.05, 3.63) is 81.8 Å². The van der Waals surface area contributed by atoms with Crippen LogP contribution in [0.1, 0.15) is 16.8 Å². The van der Waals surface area contributed by atoms with E-state index in [0.29, 0.717) is 5.65 Å². The molecule has 0 amide bonds. The van der Waals surface area contributed by atoms with Crippen molar-refractivity contribution in [1.29, 1.82) is 0 Å². The highest BCUT2D eigenvalue weighted by molar-refractivity contribution is 5.81. The fourth-order valence-electron chi connectivity index (χ4n) is 3.30. The van der Waals surface area contributed by atoms with Gasteiger partial charge >= 0.3 is 6.18 Å². The number of aromatic amines is 1. The topological polar surface area (TPSA) is 50.2 Å². The van der Waals surface area contributed by atoms with Crippen molar-refractivity contribution in [3.8, 4) is 22.4 Å². The molecule has 0 bridgehead atoms. The van der Waals surface area contributed by atoms with Crippen molar-refractivity contribution in [2.45, 2.75) is 20.0 Å². The maximum absolute atomic E-state index is 13.1. The van der Waals surface area contributed by atoms with Crippen LogP contribution in [0.3, 0.4) is 0 Å². The first-order valence-electron chi connectivity index (χ1n) is 8.61. The number of halogens is 3. The van der Waals surface area contributed by atoms with Crippen LogP contribution in [0, 0.1) is 13.8 Å². The molecule has 0 atom stereocenters. The molecule has 1 N–H and O–H groups in total. The summed E-state index contributed by atoms with van der Waals surface area (Å²) in [5.74, 6) is 0. The number of alkyl halides is 3. The number of hydrogen-bond donors (Lipinski definition) is 1. The summed E-state index contributed by atoms with van der Waals surface area (Å²) in [7, 11) is 0. The number of nitrogens with one attached hydrogen (secondary N) is 1. The Morgan fingerprint density at radius 1 is 0.964 bits per heavy atom. The largest absolute Gasteiger partial charge is 0.416 e. The summed E-state index contributed by atoms with van der Waals surface area (Å²) < 4.78 is 40.5. The minimum atomic E-state index is -4.47. The van der Waals surface area contributed by atoms with Crippen LogP contribution in [-0.4, -0.2) is 14.6 Å². The zero-order valence-electron chi connectivity index (χ0n) is 15.1. The molecule has 0 aliphatic carbocycles. The molecule has 0 aliphatic heterocycles. The third kappa shape index (κ3) is 3.09. The van der Waals surface area contributed by atoms with Crippen LogP contribution >= 0.6 is 0 Å².